The third kappa shape index (κ3) is 40.6. The summed E-state index contributed by atoms with van der Waals surface area (Å²) < 4.78 is 0. The quantitative estimate of drug-likeness (QED) is 0.0895. The molecular formula is C18H39N6Na3O6. The summed E-state index contributed by atoms with van der Waals surface area (Å²) in [5.41, 5.74) is 31.0. The van der Waals surface area contributed by atoms with Crippen molar-refractivity contribution in [1.29, 1.82) is 0 Å². The molecule has 0 bridgehead atoms. The summed E-state index contributed by atoms with van der Waals surface area (Å²) in [6.07, 6.45) is 6.10. The molecule has 0 saturated carbocycles. The van der Waals surface area contributed by atoms with Gasteiger partial charge in [-0.2, -0.15) is 0 Å². The molecule has 0 aliphatic carbocycles. The number of hydrogen-bond donors (Lipinski definition) is 6. The minimum Gasteiger partial charge on any atom is -0.548 e. The van der Waals surface area contributed by atoms with Crippen LogP contribution in [-0.2, 0) is 14.4 Å². The largest absolute Gasteiger partial charge is 1.00 e. The van der Waals surface area contributed by atoms with E-state index >= 15 is 0 Å². The number of carboxylic acid groups (broad SMARTS) is 3. The van der Waals surface area contributed by atoms with Crippen molar-refractivity contribution in [2.75, 3.05) is 19.6 Å². The summed E-state index contributed by atoms with van der Waals surface area (Å²) in [4.78, 5) is 30.1. The molecular weight excluding hydrogens is 465 g/mol. The second-order valence-electron chi connectivity index (χ2n) is 6.63. The number of carbonyl (C=O) groups excluding carboxylic acids is 3. The van der Waals surface area contributed by atoms with Crippen molar-refractivity contribution in [2.45, 2.75) is 75.9 Å². The van der Waals surface area contributed by atoms with Crippen LogP contribution >= 0.6 is 0 Å². The first-order valence-electron chi connectivity index (χ1n) is 10.0. The zero-order chi connectivity index (χ0) is 23.9. The minimum atomic E-state index is -1.18. The molecule has 3 atom stereocenters. The summed E-state index contributed by atoms with van der Waals surface area (Å²) in [5, 5.41) is 30.1. The Balaban J connectivity index is -0.0000000792. The maximum absolute atomic E-state index is 10.0. The van der Waals surface area contributed by atoms with Crippen LogP contribution in [0.4, 0.5) is 0 Å². The average molecular weight is 505 g/mol. The maximum atomic E-state index is 10.0. The van der Waals surface area contributed by atoms with Crippen molar-refractivity contribution >= 4 is 17.9 Å². The van der Waals surface area contributed by atoms with Crippen LogP contribution in [0.3, 0.4) is 0 Å². The summed E-state index contributed by atoms with van der Waals surface area (Å²) in [6.45, 7) is 1.75. The zero-order valence-corrected chi connectivity index (χ0v) is 26.6. The molecule has 0 aromatic rings. The fraction of sp³-hybridized carbons (Fsp3) is 0.833. The Kier molecular flexibility index (Phi) is 50.7. The molecule has 0 saturated heterocycles. The standard InChI is InChI=1S/3C6H14N2O2.3Na/c3*7-4-2-1-3-5(8)6(9)10;;;/h3*5H,1-4,7-8H2,(H,9,10);;;/q;;;3*+1/p-3/t3*5-;;;/m000.../s1. The molecule has 0 aliphatic heterocycles. The van der Waals surface area contributed by atoms with Gasteiger partial charge in [-0.3, -0.25) is 0 Å². The number of nitrogens with two attached hydrogens (primary N) is 6. The SMILES string of the molecule is NCCCC[C@H](N)C(=O)[O-].NCCCC[C@H](N)C(=O)[O-].NCCCC[C@H](N)C(=O)[O-].[Na+].[Na+].[Na+]. The van der Waals surface area contributed by atoms with Crippen molar-refractivity contribution in [2.24, 2.45) is 34.4 Å². The fourth-order valence-corrected chi connectivity index (χ4v) is 1.88. The van der Waals surface area contributed by atoms with Gasteiger partial charge < -0.3 is 64.1 Å². The molecule has 0 heterocycles. The van der Waals surface area contributed by atoms with E-state index in [1.165, 1.54) is 0 Å². The Morgan fingerprint density at radius 3 is 0.788 bits per heavy atom. The normalized spacial score (nSPS) is 11.8. The van der Waals surface area contributed by atoms with Crippen LogP contribution in [0.25, 0.3) is 0 Å². The molecule has 0 fully saturated rings. The molecule has 0 aromatic heterocycles. The number of aliphatic carboxylic acids is 3. The van der Waals surface area contributed by atoms with E-state index in [0.29, 0.717) is 38.9 Å². The van der Waals surface area contributed by atoms with Crippen LogP contribution in [0, 0.1) is 0 Å². The monoisotopic (exact) mass is 504 g/mol. The fourth-order valence-electron chi connectivity index (χ4n) is 1.88. The van der Waals surface area contributed by atoms with Gasteiger partial charge in [0.05, 0.1) is 17.9 Å². The molecule has 0 amide bonds. The van der Waals surface area contributed by atoms with E-state index in [4.69, 9.17) is 34.4 Å². The van der Waals surface area contributed by atoms with E-state index in [1.54, 1.807) is 0 Å². The first-order chi connectivity index (χ1) is 14.0. The number of unbranched alkanes of at least 4 members (excludes halogenated alkanes) is 3. The van der Waals surface area contributed by atoms with Crippen molar-refractivity contribution in [3.63, 3.8) is 0 Å². The predicted molar refractivity (Wildman–Crippen MR) is 108 cm³/mol. The second-order valence-corrected chi connectivity index (χ2v) is 6.63. The molecule has 15 heteroatoms. The molecule has 0 unspecified atom stereocenters. The van der Waals surface area contributed by atoms with Gasteiger partial charge in [0.25, 0.3) is 0 Å². The van der Waals surface area contributed by atoms with Gasteiger partial charge in [0.2, 0.25) is 0 Å². The Morgan fingerprint density at radius 2 is 0.667 bits per heavy atom. The van der Waals surface area contributed by atoms with Crippen molar-refractivity contribution in [1.82, 2.24) is 0 Å². The number of rotatable bonds is 15. The molecule has 180 valence electrons. The van der Waals surface area contributed by atoms with E-state index in [0.717, 1.165) is 38.5 Å². The van der Waals surface area contributed by atoms with E-state index in [9.17, 15) is 29.7 Å². The third-order valence-corrected chi connectivity index (χ3v) is 3.82. The second kappa shape index (κ2) is 35.3. The van der Waals surface area contributed by atoms with E-state index in [-0.39, 0.29) is 88.7 Å². The summed E-state index contributed by atoms with van der Waals surface area (Å²) in [6, 6.07) is -2.48. The first kappa shape index (κ1) is 47.4. The van der Waals surface area contributed by atoms with Crippen molar-refractivity contribution in [3.8, 4) is 0 Å². The van der Waals surface area contributed by atoms with Gasteiger partial charge in [0.1, 0.15) is 0 Å². The van der Waals surface area contributed by atoms with Gasteiger partial charge in [0.15, 0.2) is 0 Å². The Morgan fingerprint density at radius 1 is 0.485 bits per heavy atom. The smallest absolute Gasteiger partial charge is 0.548 e. The van der Waals surface area contributed by atoms with Crippen molar-refractivity contribution < 1.29 is 118 Å². The Labute approximate surface area is 263 Å². The van der Waals surface area contributed by atoms with Crippen LogP contribution in [0.5, 0.6) is 0 Å². The van der Waals surface area contributed by atoms with Gasteiger partial charge in [-0.15, -0.1) is 0 Å². The maximum Gasteiger partial charge on any atom is 1.00 e. The third-order valence-electron chi connectivity index (χ3n) is 3.82. The van der Waals surface area contributed by atoms with Crippen molar-refractivity contribution in [3.05, 3.63) is 0 Å². The van der Waals surface area contributed by atoms with Gasteiger partial charge >= 0.3 is 88.7 Å². The van der Waals surface area contributed by atoms with Gasteiger partial charge in [-0.05, 0) is 58.2 Å². The number of hydrogen-bond acceptors (Lipinski definition) is 12. The van der Waals surface area contributed by atoms with Crippen LogP contribution in [-0.4, -0.2) is 55.7 Å². The van der Waals surface area contributed by atoms with E-state index in [1.807, 2.05) is 0 Å². The Hall–Kier alpha value is 1.17. The molecule has 0 spiro atoms. The topological polar surface area (TPSA) is 277 Å². The van der Waals surface area contributed by atoms with Gasteiger partial charge in [0, 0.05) is 18.1 Å². The molecule has 12 N–H and O–H groups in total. The van der Waals surface area contributed by atoms with Crippen LogP contribution in [0.2, 0.25) is 0 Å². The van der Waals surface area contributed by atoms with E-state index in [2.05, 4.69) is 0 Å². The number of carbonyl (C=O) groups is 3. The molecule has 0 aromatic carbocycles. The predicted octanol–water partition coefficient (Wildman–Crippen LogP) is -14.4. The number of carboxylic acids is 3. The molecule has 0 radical (unpaired) electrons. The summed E-state index contributed by atoms with van der Waals surface area (Å²) in [5.74, 6) is -3.55. The van der Waals surface area contributed by atoms with Crippen LogP contribution in [0.1, 0.15) is 57.8 Å². The summed E-state index contributed by atoms with van der Waals surface area (Å²) in [7, 11) is 0. The average Bonchev–Trinajstić information content (AvgIpc) is 2.69. The molecule has 12 nitrogen and oxygen atoms in total. The zero-order valence-electron chi connectivity index (χ0n) is 20.6. The van der Waals surface area contributed by atoms with Gasteiger partial charge in [-0.1, -0.05) is 19.3 Å². The molecule has 0 rings (SSSR count). The minimum absolute atomic E-state index is 0. The molecule has 0 aliphatic rings. The van der Waals surface area contributed by atoms with Crippen LogP contribution in [0.15, 0.2) is 0 Å². The molecule has 33 heavy (non-hydrogen) atoms. The van der Waals surface area contributed by atoms with Gasteiger partial charge in [-0.25, -0.2) is 0 Å². The summed E-state index contributed by atoms with van der Waals surface area (Å²) >= 11 is 0. The van der Waals surface area contributed by atoms with Crippen LogP contribution < -0.4 is 138 Å². The first-order valence-corrected chi connectivity index (χ1v) is 10.0. The van der Waals surface area contributed by atoms with E-state index < -0.39 is 36.0 Å². The Bertz CT molecular complexity index is 394.